The average molecular weight is 557 g/mol. The van der Waals surface area contributed by atoms with E-state index < -0.39 is 9.76 Å². The van der Waals surface area contributed by atoms with Gasteiger partial charge in [0.25, 0.3) is 5.24 Å². The molecular weight excluding hydrogens is 521 g/mol. The highest BCUT2D eigenvalue weighted by atomic mass is 32.2. The number of aryl methyl sites for hydroxylation is 3. The Morgan fingerprint density at radius 1 is 1.14 bits per heavy atom. The van der Waals surface area contributed by atoms with Crippen LogP contribution in [0.5, 0.6) is 0 Å². The summed E-state index contributed by atoms with van der Waals surface area (Å²) in [4.78, 5) is 30.7. The maximum Gasteiger partial charge on any atom is 0.286 e. The van der Waals surface area contributed by atoms with Crippen molar-refractivity contribution in [2.24, 2.45) is 5.92 Å². The van der Waals surface area contributed by atoms with Crippen LogP contribution in [-0.2, 0) is 22.1 Å². The average Bonchev–Trinajstić information content (AvgIpc) is 3.53. The number of hydrogen-bond donors (Lipinski definition) is 1. The van der Waals surface area contributed by atoms with E-state index in [1.165, 1.54) is 5.56 Å². The molecule has 6 nitrogen and oxygen atoms in total. The van der Waals surface area contributed by atoms with Gasteiger partial charge in [-0.1, -0.05) is 57.2 Å². The molecule has 2 amide bonds. The zero-order chi connectivity index (χ0) is 26.7. The van der Waals surface area contributed by atoms with E-state index in [9.17, 15) is 9.59 Å². The zero-order valence-corrected chi connectivity index (χ0v) is 25.5. The van der Waals surface area contributed by atoms with Crippen molar-refractivity contribution in [1.82, 2.24) is 10.3 Å². The molecule has 0 saturated carbocycles. The minimum atomic E-state index is -0.827. The van der Waals surface area contributed by atoms with Crippen molar-refractivity contribution in [3.8, 4) is 11.5 Å². The van der Waals surface area contributed by atoms with Crippen molar-refractivity contribution >= 4 is 44.0 Å². The van der Waals surface area contributed by atoms with Crippen LogP contribution in [0.1, 0.15) is 67.0 Å². The fraction of sp³-hybridized carbons (Fsp3) is 0.464. The van der Waals surface area contributed by atoms with Crippen molar-refractivity contribution in [1.29, 1.82) is 0 Å². The Morgan fingerprint density at radius 3 is 2.51 bits per heavy atom. The van der Waals surface area contributed by atoms with E-state index >= 15 is 0 Å². The van der Waals surface area contributed by atoms with Crippen molar-refractivity contribution in [2.45, 2.75) is 77.2 Å². The molecule has 1 aliphatic heterocycles. The Morgan fingerprint density at radius 2 is 1.86 bits per heavy atom. The summed E-state index contributed by atoms with van der Waals surface area (Å²) in [6.07, 6.45) is 2.08. The molecule has 1 fully saturated rings. The molecule has 0 bridgehead atoms. The minimum absolute atomic E-state index is 0.0333. The lowest BCUT2D eigenvalue weighted by atomic mass is 9.99. The Balaban J connectivity index is 1.49. The maximum absolute atomic E-state index is 12.0. The number of carbonyl (C=O) groups excluding carboxylic acids is 2. The van der Waals surface area contributed by atoms with E-state index in [1.54, 1.807) is 11.3 Å². The standard InChI is InChI=1S/C28H36N2O4S2Si/c1-16(2)28(5,6)37-34-22(23-14-11-20(35-23)15-24-25(31)30-27(32)36-24)13-12-21-18(4)33-26(29-21)19-9-7-17(3)8-10-19/h7-11,14,16,22,24H,12-13,15,37H2,1-6H3,(H,30,31,32). The van der Waals surface area contributed by atoms with Gasteiger partial charge in [-0.05, 0) is 61.9 Å². The number of thioether (sulfide) groups is 1. The molecule has 0 spiro atoms. The summed E-state index contributed by atoms with van der Waals surface area (Å²) in [6.45, 7) is 13.1. The van der Waals surface area contributed by atoms with Gasteiger partial charge in [-0.2, -0.15) is 0 Å². The number of rotatable bonds is 11. The molecule has 3 aromatic rings. The van der Waals surface area contributed by atoms with Gasteiger partial charge in [0.05, 0.1) is 17.0 Å². The molecule has 1 aromatic carbocycles. The number of nitrogens with one attached hydrogen (secondary N) is 1. The quantitative estimate of drug-likeness (QED) is 0.270. The minimum Gasteiger partial charge on any atom is -0.441 e. The summed E-state index contributed by atoms with van der Waals surface area (Å²) >= 11 is 2.76. The highest BCUT2D eigenvalue weighted by molar-refractivity contribution is 8.15. The summed E-state index contributed by atoms with van der Waals surface area (Å²) in [5.74, 6) is 1.84. The van der Waals surface area contributed by atoms with Gasteiger partial charge in [0, 0.05) is 21.7 Å². The molecule has 2 unspecified atom stereocenters. The molecule has 3 heterocycles. The second-order valence-electron chi connectivity index (χ2n) is 10.8. The Bertz CT molecular complexity index is 1250. The summed E-state index contributed by atoms with van der Waals surface area (Å²) in [6, 6.07) is 12.4. The van der Waals surface area contributed by atoms with E-state index in [1.807, 2.05) is 19.1 Å². The first kappa shape index (κ1) is 27.8. The number of carbonyl (C=O) groups is 2. The van der Waals surface area contributed by atoms with Gasteiger partial charge in [-0.3, -0.25) is 14.9 Å². The highest BCUT2D eigenvalue weighted by Gasteiger charge is 2.32. The normalized spacial score (nSPS) is 17.3. The van der Waals surface area contributed by atoms with Crippen LogP contribution >= 0.6 is 23.1 Å². The van der Waals surface area contributed by atoms with Gasteiger partial charge in [0.1, 0.15) is 5.76 Å². The fourth-order valence-electron chi connectivity index (χ4n) is 3.92. The van der Waals surface area contributed by atoms with Gasteiger partial charge in [-0.25, -0.2) is 4.98 Å². The lowest BCUT2D eigenvalue weighted by Gasteiger charge is -2.30. The molecule has 1 saturated heterocycles. The van der Waals surface area contributed by atoms with E-state index in [0.717, 1.165) is 51.4 Å². The number of benzene rings is 1. The van der Waals surface area contributed by atoms with Gasteiger partial charge < -0.3 is 8.84 Å². The molecule has 1 aliphatic rings. The van der Waals surface area contributed by atoms with Crippen molar-refractivity contribution in [3.05, 3.63) is 63.2 Å². The smallest absolute Gasteiger partial charge is 0.286 e. The van der Waals surface area contributed by atoms with Crippen LogP contribution < -0.4 is 5.32 Å². The molecular formula is C28H36N2O4S2Si. The van der Waals surface area contributed by atoms with Crippen LogP contribution in [0.4, 0.5) is 4.79 Å². The molecule has 2 aromatic heterocycles. The highest BCUT2D eigenvalue weighted by Crippen LogP contribution is 2.38. The third-order valence-corrected chi connectivity index (χ3v) is 11.5. The second-order valence-corrected chi connectivity index (χ2v) is 15.6. The lowest BCUT2D eigenvalue weighted by Crippen LogP contribution is -2.25. The van der Waals surface area contributed by atoms with Crippen LogP contribution in [0.2, 0.25) is 5.04 Å². The summed E-state index contributed by atoms with van der Waals surface area (Å²) < 4.78 is 12.7. The lowest BCUT2D eigenvalue weighted by molar-refractivity contribution is -0.118. The van der Waals surface area contributed by atoms with E-state index in [0.29, 0.717) is 18.2 Å². The van der Waals surface area contributed by atoms with Crippen LogP contribution in [0.25, 0.3) is 11.5 Å². The second kappa shape index (κ2) is 11.7. The number of oxazole rings is 1. The first-order chi connectivity index (χ1) is 17.5. The van der Waals surface area contributed by atoms with E-state index in [-0.39, 0.29) is 27.5 Å². The van der Waals surface area contributed by atoms with Gasteiger partial charge in [-0.15, -0.1) is 11.3 Å². The van der Waals surface area contributed by atoms with Crippen molar-refractivity contribution < 1.29 is 18.4 Å². The Labute approximate surface area is 229 Å². The van der Waals surface area contributed by atoms with Crippen LogP contribution in [0, 0.1) is 19.8 Å². The predicted molar refractivity (Wildman–Crippen MR) is 154 cm³/mol. The Kier molecular flexibility index (Phi) is 8.78. The van der Waals surface area contributed by atoms with Crippen LogP contribution in [-0.4, -0.2) is 31.1 Å². The first-order valence-electron chi connectivity index (χ1n) is 12.8. The topological polar surface area (TPSA) is 81.4 Å². The third kappa shape index (κ3) is 7.01. The molecule has 198 valence electrons. The van der Waals surface area contributed by atoms with Crippen LogP contribution in [0.3, 0.4) is 0 Å². The Hall–Kier alpha value is -2.20. The number of nitrogens with zero attached hydrogens (tertiary/aromatic N) is 1. The van der Waals surface area contributed by atoms with Crippen LogP contribution in [0.15, 0.2) is 40.8 Å². The number of amides is 2. The summed E-state index contributed by atoms with van der Waals surface area (Å²) in [5.41, 5.74) is 3.15. The molecule has 4 rings (SSSR count). The molecule has 9 heteroatoms. The summed E-state index contributed by atoms with van der Waals surface area (Å²) in [5, 5.41) is 1.94. The molecule has 0 aliphatic carbocycles. The number of hydrogen-bond acceptors (Lipinski definition) is 7. The SMILES string of the molecule is Cc1ccc(-c2nc(CCC(O[SiH2]C(C)(C)C(C)C)c3ccc(CC4SC(=O)NC4=O)s3)c(C)o2)cc1. The first-order valence-corrected chi connectivity index (χ1v) is 15.7. The molecule has 2 atom stereocenters. The molecule has 1 N–H and O–H groups in total. The van der Waals surface area contributed by atoms with E-state index in [2.05, 4.69) is 64.2 Å². The number of aromatic nitrogens is 1. The van der Waals surface area contributed by atoms with Crippen molar-refractivity contribution in [2.75, 3.05) is 0 Å². The molecule has 0 radical (unpaired) electrons. The maximum atomic E-state index is 12.0. The third-order valence-electron chi connectivity index (χ3n) is 7.21. The van der Waals surface area contributed by atoms with Crippen molar-refractivity contribution in [3.63, 3.8) is 0 Å². The molecule has 37 heavy (non-hydrogen) atoms. The van der Waals surface area contributed by atoms with Gasteiger partial charge in [0.15, 0.2) is 9.76 Å². The predicted octanol–water partition coefficient (Wildman–Crippen LogP) is 6.54. The number of imide groups is 1. The van der Waals surface area contributed by atoms with Gasteiger partial charge >= 0.3 is 0 Å². The number of thiophene rings is 1. The van der Waals surface area contributed by atoms with Gasteiger partial charge in [0.2, 0.25) is 11.8 Å². The monoisotopic (exact) mass is 556 g/mol. The largest absolute Gasteiger partial charge is 0.441 e. The van der Waals surface area contributed by atoms with E-state index in [4.69, 9.17) is 13.8 Å². The summed E-state index contributed by atoms with van der Waals surface area (Å²) in [7, 11) is -0.827. The fourth-order valence-corrected chi connectivity index (χ4v) is 7.45. The zero-order valence-electron chi connectivity index (χ0n) is 22.4.